The molecule has 0 radical (unpaired) electrons. The zero-order chi connectivity index (χ0) is 17.6. The van der Waals surface area contributed by atoms with Gasteiger partial charge in [0, 0.05) is 11.6 Å². The summed E-state index contributed by atoms with van der Waals surface area (Å²) in [5.74, 6) is -0.850. The number of amides is 1. The zero-order valence-electron chi connectivity index (χ0n) is 13.6. The quantitative estimate of drug-likeness (QED) is 0.866. The zero-order valence-corrected chi connectivity index (χ0v) is 14.4. The summed E-state index contributed by atoms with van der Waals surface area (Å²) in [5, 5.41) is 8.90. The molecule has 3 rings (SSSR count). The Morgan fingerprint density at radius 2 is 2.00 bits per heavy atom. The number of aryl methyl sites for hydroxylation is 1. The molecule has 1 aromatic carbocycles. The van der Waals surface area contributed by atoms with E-state index in [4.69, 9.17) is 10.9 Å². The minimum atomic E-state index is -4.17. The van der Waals surface area contributed by atoms with Crippen LogP contribution in [0, 0.1) is 0 Å². The molecule has 7 nitrogen and oxygen atoms in total. The number of carbonyl (C=O) groups is 1. The minimum Gasteiger partial charge on any atom is -0.365 e. The highest BCUT2D eigenvalue weighted by Crippen LogP contribution is 2.37. The smallest absolute Gasteiger partial charge is 0.258 e. The third-order valence-corrected chi connectivity index (χ3v) is 5.11. The first-order valence-electron chi connectivity index (χ1n) is 7.78. The van der Waals surface area contributed by atoms with Gasteiger partial charge >= 0.3 is 0 Å². The summed E-state index contributed by atoms with van der Waals surface area (Å²) in [6.45, 7) is 3.72. The molecule has 0 spiro atoms. The molecule has 1 aromatic heterocycles. The number of benzene rings is 1. The fourth-order valence-electron chi connectivity index (χ4n) is 3.31. The second kappa shape index (κ2) is 5.71. The van der Waals surface area contributed by atoms with Crippen LogP contribution in [0.5, 0.6) is 0 Å². The molecule has 0 saturated carbocycles. The maximum absolute atomic E-state index is 12.0. The predicted molar refractivity (Wildman–Crippen MR) is 90.0 cm³/mol. The summed E-state index contributed by atoms with van der Waals surface area (Å²) in [5.41, 5.74) is 8.91. The highest BCUT2D eigenvalue weighted by molar-refractivity contribution is 7.89. The molecule has 1 amide bonds. The van der Waals surface area contributed by atoms with Crippen molar-refractivity contribution < 1.29 is 13.2 Å². The van der Waals surface area contributed by atoms with Crippen molar-refractivity contribution in [3.63, 3.8) is 0 Å². The third kappa shape index (κ3) is 2.61. The van der Waals surface area contributed by atoms with E-state index in [2.05, 4.69) is 5.10 Å². The number of carbonyl (C=O) groups excluding carboxylic acids is 1. The Labute approximate surface area is 140 Å². The van der Waals surface area contributed by atoms with Gasteiger partial charge in [-0.1, -0.05) is 18.2 Å². The fraction of sp³-hybridized carbons (Fsp3) is 0.375. The van der Waals surface area contributed by atoms with Crippen LogP contribution in [-0.2, 0) is 22.9 Å². The van der Waals surface area contributed by atoms with E-state index >= 15 is 0 Å². The maximum atomic E-state index is 12.0. The Balaban J connectivity index is 2.41. The number of fused-ring (bicyclic) bond motifs is 1. The number of primary sulfonamides is 1. The molecular formula is C16H20N4O3S. The number of rotatable bonds is 4. The predicted octanol–water partition coefficient (Wildman–Crippen LogP) is 1.37. The van der Waals surface area contributed by atoms with Crippen LogP contribution in [-0.4, -0.2) is 24.1 Å². The topological polar surface area (TPSA) is 121 Å². The van der Waals surface area contributed by atoms with Crippen LogP contribution in [0.1, 0.15) is 47.8 Å². The molecule has 0 bridgehead atoms. The van der Waals surface area contributed by atoms with Crippen LogP contribution in [0.4, 0.5) is 0 Å². The van der Waals surface area contributed by atoms with Crippen molar-refractivity contribution in [3.8, 4) is 11.3 Å². The van der Waals surface area contributed by atoms with Gasteiger partial charge in [0.2, 0.25) is 5.03 Å². The molecule has 0 aliphatic heterocycles. The molecule has 8 heteroatoms. The molecule has 1 aliphatic carbocycles. The van der Waals surface area contributed by atoms with E-state index in [0.717, 1.165) is 30.4 Å². The first kappa shape index (κ1) is 16.7. The number of sulfonamides is 1. The highest BCUT2D eigenvalue weighted by Gasteiger charge is 2.32. The number of primary amides is 1. The lowest BCUT2D eigenvalue weighted by Crippen LogP contribution is -2.20. The Morgan fingerprint density at radius 1 is 1.29 bits per heavy atom. The Hall–Kier alpha value is -2.19. The van der Waals surface area contributed by atoms with Crippen molar-refractivity contribution in [2.24, 2.45) is 10.9 Å². The highest BCUT2D eigenvalue weighted by atomic mass is 32.2. The van der Waals surface area contributed by atoms with Gasteiger partial charge in [-0.2, -0.15) is 5.10 Å². The van der Waals surface area contributed by atoms with Gasteiger partial charge in [-0.05, 0) is 44.2 Å². The molecule has 1 heterocycles. The van der Waals surface area contributed by atoms with Crippen molar-refractivity contribution in [1.82, 2.24) is 9.78 Å². The lowest BCUT2D eigenvalue weighted by atomic mass is 9.98. The maximum Gasteiger partial charge on any atom is 0.258 e. The summed E-state index contributed by atoms with van der Waals surface area (Å²) in [6.07, 6.45) is 2.86. The van der Waals surface area contributed by atoms with E-state index in [-0.39, 0.29) is 11.6 Å². The van der Waals surface area contributed by atoms with E-state index in [1.165, 1.54) is 10.2 Å². The molecule has 128 valence electrons. The van der Waals surface area contributed by atoms with Crippen molar-refractivity contribution in [3.05, 3.63) is 34.9 Å². The van der Waals surface area contributed by atoms with E-state index < -0.39 is 21.0 Å². The molecule has 0 unspecified atom stereocenters. The van der Waals surface area contributed by atoms with Gasteiger partial charge in [-0.15, -0.1) is 0 Å². The monoisotopic (exact) mass is 348 g/mol. The van der Waals surface area contributed by atoms with Gasteiger partial charge < -0.3 is 5.73 Å². The average Bonchev–Trinajstić information content (AvgIpc) is 3.10. The van der Waals surface area contributed by atoms with Crippen molar-refractivity contribution in [1.29, 1.82) is 0 Å². The summed E-state index contributed by atoms with van der Waals surface area (Å²) in [4.78, 5) is 12.0. The molecule has 0 saturated heterocycles. The lowest BCUT2D eigenvalue weighted by Gasteiger charge is -2.15. The summed E-state index contributed by atoms with van der Waals surface area (Å²) < 4.78 is 25.3. The summed E-state index contributed by atoms with van der Waals surface area (Å²) >= 11 is 0. The van der Waals surface area contributed by atoms with Crippen LogP contribution in [0.25, 0.3) is 11.3 Å². The number of aromatic nitrogens is 2. The molecule has 4 N–H and O–H groups in total. The van der Waals surface area contributed by atoms with Gasteiger partial charge in [0.15, 0.2) is 0 Å². The van der Waals surface area contributed by atoms with E-state index in [0.29, 0.717) is 5.69 Å². The second-order valence-corrected chi connectivity index (χ2v) is 7.75. The number of hydrogen-bond acceptors (Lipinski definition) is 4. The summed E-state index contributed by atoms with van der Waals surface area (Å²) in [7, 11) is -4.17. The number of nitrogens with two attached hydrogens (primary N) is 2. The summed E-state index contributed by atoms with van der Waals surface area (Å²) in [6, 6.07) is 5.66. The Morgan fingerprint density at radius 3 is 2.58 bits per heavy atom. The SMILES string of the molecule is CC(C)n1nc(S(N)(=O)=O)c(C(N)=O)c1-c1cccc2c1CCC2. The molecule has 24 heavy (non-hydrogen) atoms. The van der Waals surface area contributed by atoms with Crippen LogP contribution >= 0.6 is 0 Å². The average molecular weight is 348 g/mol. The lowest BCUT2D eigenvalue weighted by molar-refractivity contribution is 0.0997. The molecule has 0 atom stereocenters. The molecule has 2 aromatic rings. The van der Waals surface area contributed by atoms with Crippen LogP contribution in [0.3, 0.4) is 0 Å². The van der Waals surface area contributed by atoms with Crippen LogP contribution in [0.2, 0.25) is 0 Å². The standard InChI is InChI=1S/C16H20N4O3S/c1-9(2)20-14(12-8-4-6-10-5-3-7-11(10)12)13(15(17)21)16(19-20)24(18,22)23/h4,6,8-9H,3,5,7H2,1-2H3,(H2,17,21)(H2,18,22,23). The largest absolute Gasteiger partial charge is 0.365 e. The molecule has 1 aliphatic rings. The second-order valence-electron chi connectivity index (χ2n) is 6.27. The fourth-order valence-corrected chi connectivity index (χ4v) is 3.99. The minimum absolute atomic E-state index is 0.133. The van der Waals surface area contributed by atoms with Gasteiger partial charge in [0.05, 0.1) is 5.69 Å². The Kier molecular flexibility index (Phi) is 3.97. The van der Waals surface area contributed by atoms with Gasteiger partial charge in [0.25, 0.3) is 15.9 Å². The first-order chi connectivity index (χ1) is 11.2. The first-order valence-corrected chi connectivity index (χ1v) is 9.32. The van der Waals surface area contributed by atoms with Gasteiger partial charge in [0.1, 0.15) is 5.56 Å². The molecule has 0 fully saturated rings. The van der Waals surface area contributed by atoms with Gasteiger partial charge in [-0.25, -0.2) is 13.6 Å². The third-order valence-electron chi connectivity index (χ3n) is 4.28. The van der Waals surface area contributed by atoms with Crippen molar-refractivity contribution >= 4 is 15.9 Å². The van der Waals surface area contributed by atoms with Crippen LogP contribution < -0.4 is 10.9 Å². The van der Waals surface area contributed by atoms with Crippen LogP contribution in [0.15, 0.2) is 23.2 Å². The molecular weight excluding hydrogens is 328 g/mol. The van der Waals surface area contributed by atoms with Crippen molar-refractivity contribution in [2.45, 2.75) is 44.2 Å². The van der Waals surface area contributed by atoms with E-state index in [1.54, 1.807) is 0 Å². The normalized spacial score (nSPS) is 14.2. The van der Waals surface area contributed by atoms with Gasteiger partial charge in [-0.3, -0.25) is 9.48 Å². The van der Waals surface area contributed by atoms with E-state index in [9.17, 15) is 13.2 Å². The number of nitrogens with zero attached hydrogens (tertiary/aromatic N) is 2. The van der Waals surface area contributed by atoms with Crippen molar-refractivity contribution in [2.75, 3.05) is 0 Å². The Bertz CT molecular complexity index is 929. The number of hydrogen-bond donors (Lipinski definition) is 2. The van der Waals surface area contributed by atoms with E-state index in [1.807, 2.05) is 32.0 Å².